The maximum atomic E-state index is 13.5. The largest absolute Gasteiger partial charge is 0.463 e. The van der Waals surface area contributed by atoms with Gasteiger partial charge in [-0.2, -0.15) is 0 Å². The molecule has 1 aliphatic rings. The van der Waals surface area contributed by atoms with Crippen LogP contribution >= 0.6 is 0 Å². The van der Waals surface area contributed by atoms with Crippen molar-refractivity contribution < 1.29 is 23.8 Å². The van der Waals surface area contributed by atoms with E-state index in [2.05, 4.69) is 0 Å². The van der Waals surface area contributed by atoms with Gasteiger partial charge in [0.05, 0.1) is 18.9 Å². The van der Waals surface area contributed by atoms with Gasteiger partial charge in [0, 0.05) is 17.5 Å². The first-order chi connectivity index (χ1) is 16.6. The third kappa shape index (κ3) is 4.24. The van der Waals surface area contributed by atoms with Gasteiger partial charge in [0.15, 0.2) is 0 Å². The Hall–Kier alpha value is -3.77. The number of benzene rings is 3. The summed E-state index contributed by atoms with van der Waals surface area (Å²) in [7, 11) is 0. The summed E-state index contributed by atoms with van der Waals surface area (Å²) in [5, 5.41) is 0. The molecule has 174 valence electrons. The average molecular weight is 458 g/mol. The van der Waals surface area contributed by atoms with Crippen LogP contribution in [-0.4, -0.2) is 36.5 Å². The molecule has 0 saturated carbocycles. The van der Waals surface area contributed by atoms with Gasteiger partial charge in [0.25, 0.3) is 5.60 Å². The third-order valence-electron chi connectivity index (χ3n) is 5.68. The number of rotatable bonds is 7. The van der Waals surface area contributed by atoms with Crippen molar-refractivity contribution in [2.24, 2.45) is 4.99 Å². The van der Waals surface area contributed by atoms with Crippen LogP contribution < -0.4 is 0 Å². The maximum Gasteiger partial charge on any atom is 0.350 e. The van der Waals surface area contributed by atoms with E-state index in [1.54, 1.807) is 13.8 Å². The van der Waals surface area contributed by atoms with Crippen molar-refractivity contribution in [3.8, 4) is 0 Å². The first-order valence-electron chi connectivity index (χ1n) is 11.4. The van der Waals surface area contributed by atoms with E-state index in [-0.39, 0.29) is 19.6 Å². The van der Waals surface area contributed by atoms with E-state index in [0.29, 0.717) is 16.8 Å². The third-order valence-corrected chi connectivity index (χ3v) is 5.68. The predicted molar refractivity (Wildman–Crippen MR) is 128 cm³/mol. The summed E-state index contributed by atoms with van der Waals surface area (Å²) >= 11 is 0. The predicted octanol–water partition coefficient (Wildman–Crippen LogP) is 4.66. The van der Waals surface area contributed by atoms with Gasteiger partial charge in [0.2, 0.25) is 5.72 Å². The SMILES string of the molecule is CCOC(=O)C1(C(=O)OCC)CC(c2ccccc2)=NC(c2ccccc2)(c2ccccc2)O1. The van der Waals surface area contributed by atoms with Crippen molar-refractivity contribution in [2.75, 3.05) is 13.2 Å². The summed E-state index contributed by atoms with van der Waals surface area (Å²) in [4.78, 5) is 32.0. The highest BCUT2D eigenvalue weighted by Crippen LogP contribution is 2.45. The van der Waals surface area contributed by atoms with E-state index >= 15 is 0 Å². The molecule has 0 unspecified atom stereocenters. The van der Waals surface area contributed by atoms with Gasteiger partial charge >= 0.3 is 11.9 Å². The molecule has 1 aliphatic heterocycles. The van der Waals surface area contributed by atoms with Crippen molar-refractivity contribution in [1.29, 1.82) is 0 Å². The van der Waals surface area contributed by atoms with Crippen LogP contribution in [0.1, 0.15) is 37.0 Å². The molecule has 3 aromatic rings. The summed E-state index contributed by atoms with van der Waals surface area (Å²) in [6.07, 6.45) is -0.115. The summed E-state index contributed by atoms with van der Waals surface area (Å²) in [6, 6.07) is 28.2. The first kappa shape index (κ1) is 23.4. The van der Waals surface area contributed by atoms with E-state index < -0.39 is 23.3 Å². The fourth-order valence-electron chi connectivity index (χ4n) is 4.12. The molecule has 3 aromatic carbocycles. The van der Waals surface area contributed by atoms with Crippen LogP contribution in [0.5, 0.6) is 0 Å². The van der Waals surface area contributed by atoms with Crippen LogP contribution in [0.3, 0.4) is 0 Å². The molecule has 0 N–H and O–H groups in total. The van der Waals surface area contributed by atoms with Crippen LogP contribution in [0, 0.1) is 0 Å². The van der Waals surface area contributed by atoms with Gasteiger partial charge in [0.1, 0.15) is 0 Å². The van der Waals surface area contributed by atoms with Crippen molar-refractivity contribution in [2.45, 2.75) is 31.6 Å². The van der Waals surface area contributed by atoms with Crippen LogP contribution in [0.2, 0.25) is 0 Å². The fourth-order valence-corrected chi connectivity index (χ4v) is 4.12. The zero-order valence-corrected chi connectivity index (χ0v) is 19.3. The number of hydrogen-bond donors (Lipinski definition) is 0. The average Bonchev–Trinajstić information content (AvgIpc) is 2.90. The second-order valence-electron chi connectivity index (χ2n) is 7.85. The topological polar surface area (TPSA) is 74.2 Å². The first-order valence-corrected chi connectivity index (χ1v) is 11.4. The van der Waals surface area contributed by atoms with Crippen LogP contribution in [0.15, 0.2) is 96.0 Å². The van der Waals surface area contributed by atoms with Gasteiger partial charge in [-0.15, -0.1) is 0 Å². The van der Waals surface area contributed by atoms with E-state index in [1.165, 1.54) is 0 Å². The molecule has 0 spiro atoms. The molecular formula is C28H27NO5. The molecule has 34 heavy (non-hydrogen) atoms. The molecule has 0 atom stereocenters. The number of aliphatic imine (C=N–C) groups is 1. The molecular weight excluding hydrogens is 430 g/mol. The number of nitrogens with zero attached hydrogens (tertiary/aromatic N) is 1. The molecule has 0 aromatic heterocycles. The Bertz CT molecular complexity index is 1100. The van der Waals surface area contributed by atoms with E-state index in [4.69, 9.17) is 19.2 Å². The van der Waals surface area contributed by atoms with Gasteiger partial charge in [-0.05, 0) is 19.4 Å². The lowest BCUT2D eigenvalue weighted by Gasteiger charge is -2.43. The lowest BCUT2D eigenvalue weighted by Crippen LogP contribution is -2.59. The smallest absolute Gasteiger partial charge is 0.350 e. The lowest BCUT2D eigenvalue weighted by atomic mass is 9.85. The standard InChI is InChI=1S/C28H27NO5/c1-3-32-25(30)27(26(31)33-4-2)20-24(21-14-8-5-9-15-21)29-28(34-27,22-16-10-6-11-17-22)23-18-12-7-13-19-23/h5-19H,3-4,20H2,1-2H3. The Labute approximate surface area is 199 Å². The Morgan fingerprint density at radius 2 is 1.21 bits per heavy atom. The normalized spacial score (nSPS) is 16.2. The monoisotopic (exact) mass is 457 g/mol. The molecule has 1 heterocycles. The number of hydrogen-bond acceptors (Lipinski definition) is 6. The van der Waals surface area contributed by atoms with Crippen molar-refractivity contribution >= 4 is 17.7 Å². The zero-order chi connectivity index (χ0) is 24.0. The van der Waals surface area contributed by atoms with Crippen LogP contribution in [0.25, 0.3) is 0 Å². The minimum Gasteiger partial charge on any atom is -0.463 e. The van der Waals surface area contributed by atoms with Gasteiger partial charge in [-0.25, -0.2) is 14.6 Å². The van der Waals surface area contributed by atoms with Gasteiger partial charge in [-0.3, -0.25) is 0 Å². The van der Waals surface area contributed by atoms with Gasteiger partial charge < -0.3 is 14.2 Å². The van der Waals surface area contributed by atoms with Crippen LogP contribution in [0.4, 0.5) is 0 Å². The summed E-state index contributed by atoms with van der Waals surface area (Å²) in [5.74, 6) is -1.60. The number of ether oxygens (including phenoxy) is 3. The molecule has 0 aliphatic carbocycles. The van der Waals surface area contributed by atoms with Crippen LogP contribution in [-0.2, 0) is 29.5 Å². The molecule has 0 radical (unpaired) electrons. The minimum absolute atomic E-state index is 0.0881. The Kier molecular flexibility index (Phi) is 6.89. The van der Waals surface area contributed by atoms with Gasteiger partial charge in [-0.1, -0.05) is 91.0 Å². The molecule has 0 bridgehead atoms. The summed E-state index contributed by atoms with van der Waals surface area (Å²) in [5.41, 5.74) is -0.851. The molecule has 0 saturated heterocycles. The lowest BCUT2D eigenvalue weighted by molar-refractivity contribution is -0.209. The van der Waals surface area contributed by atoms with Crippen molar-refractivity contribution in [1.82, 2.24) is 0 Å². The number of esters is 2. The molecule has 4 rings (SSSR count). The quantitative estimate of drug-likeness (QED) is 0.381. The maximum absolute atomic E-state index is 13.5. The minimum atomic E-state index is -2.04. The Balaban J connectivity index is 2.04. The van der Waals surface area contributed by atoms with E-state index in [1.807, 2.05) is 91.0 Å². The zero-order valence-electron chi connectivity index (χ0n) is 19.3. The molecule has 6 nitrogen and oxygen atoms in total. The Morgan fingerprint density at radius 3 is 1.65 bits per heavy atom. The molecule has 0 amide bonds. The fraction of sp³-hybridized carbons (Fsp3) is 0.250. The molecule has 6 heteroatoms. The van der Waals surface area contributed by atoms with Crippen molar-refractivity contribution in [3.05, 3.63) is 108 Å². The second kappa shape index (κ2) is 10.0. The molecule has 0 fully saturated rings. The van der Waals surface area contributed by atoms with E-state index in [0.717, 1.165) is 5.56 Å². The summed E-state index contributed by atoms with van der Waals surface area (Å²) in [6.45, 7) is 3.55. The summed E-state index contributed by atoms with van der Waals surface area (Å²) < 4.78 is 17.3. The number of carbonyl (C=O) groups excluding carboxylic acids is 2. The second-order valence-corrected chi connectivity index (χ2v) is 7.85. The van der Waals surface area contributed by atoms with Crippen molar-refractivity contribution in [3.63, 3.8) is 0 Å². The highest BCUT2D eigenvalue weighted by atomic mass is 16.6. The van der Waals surface area contributed by atoms with E-state index in [9.17, 15) is 9.59 Å². The Morgan fingerprint density at radius 1 is 0.765 bits per heavy atom. The highest BCUT2D eigenvalue weighted by molar-refractivity contribution is 6.13. The highest BCUT2D eigenvalue weighted by Gasteiger charge is 2.60. The number of carbonyl (C=O) groups is 2.